The quantitative estimate of drug-likeness (QED) is 0.468. The van der Waals surface area contributed by atoms with Crippen molar-refractivity contribution < 1.29 is 28.0 Å². The molecule has 0 aromatic rings. The molecule has 186 valence electrons. The van der Waals surface area contributed by atoms with Gasteiger partial charge in [0.25, 0.3) is 5.91 Å². The first kappa shape index (κ1) is 24.4. The van der Waals surface area contributed by atoms with Crippen LogP contribution in [0, 0.1) is 40.4 Å². The summed E-state index contributed by atoms with van der Waals surface area (Å²) < 4.78 is 25.7. The number of alkyl halides is 2. The highest BCUT2D eigenvalue weighted by Crippen LogP contribution is 2.65. The molecule has 3 N–H and O–H groups in total. The highest BCUT2D eigenvalue weighted by atomic mass is 19.3. The largest absolute Gasteiger partial charge is 0.356 e. The fourth-order valence-corrected chi connectivity index (χ4v) is 5.76. The maximum Gasteiger partial charge on any atom is 0.315 e. The van der Waals surface area contributed by atoms with Gasteiger partial charge < -0.3 is 20.9 Å². The summed E-state index contributed by atoms with van der Waals surface area (Å²) in [5.41, 5.74) is -0.175. The van der Waals surface area contributed by atoms with Crippen molar-refractivity contribution in [2.24, 2.45) is 29.1 Å². The van der Waals surface area contributed by atoms with E-state index in [-0.39, 0.29) is 41.4 Å². The van der Waals surface area contributed by atoms with Crippen LogP contribution in [-0.4, -0.2) is 66.2 Å². The summed E-state index contributed by atoms with van der Waals surface area (Å²) in [7, 11) is 0. The summed E-state index contributed by atoms with van der Waals surface area (Å²) in [6.07, 6.45) is -0.322. The second kappa shape index (κ2) is 9.12. The molecule has 4 rings (SSSR count). The van der Waals surface area contributed by atoms with Crippen LogP contribution in [0.4, 0.5) is 8.78 Å². The number of hydrogen-bond donors (Lipinski definition) is 3. The van der Waals surface area contributed by atoms with Gasteiger partial charge in [0, 0.05) is 19.0 Å². The monoisotopic (exact) mass is 479 g/mol. The Bertz CT molecular complexity index is 916. The van der Waals surface area contributed by atoms with Gasteiger partial charge in [-0.2, -0.15) is 14.0 Å². The first-order valence-electron chi connectivity index (χ1n) is 11.9. The predicted octanol–water partition coefficient (Wildman–Crippen LogP) is 0.554. The zero-order valence-corrected chi connectivity index (χ0v) is 19.4. The molecule has 2 saturated heterocycles. The summed E-state index contributed by atoms with van der Waals surface area (Å²) in [5, 5.41) is 17.3. The Morgan fingerprint density at radius 2 is 1.94 bits per heavy atom. The smallest absolute Gasteiger partial charge is 0.315 e. The van der Waals surface area contributed by atoms with Crippen molar-refractivity contribution in [1.29, 1.82) is 5.26 Å². The van der Waals surface area contributed by atoms with E-state index in [1.807, 2.05) is 13.8 Å². The summed E-state index contributed by atoms with van der Waals surface area (Å²) in [6.45, 7) is 4.91. The molecule has 2 saturated carbocycles. The Morgan fingerprint density at radius 1 is 1.24 bits per heavy atom. The average molecular weight is 480 g/mol. The molecule has 9 nitrogen and oxygen atoms in total. The van der Waals surface area contributed by atoms with Crippen molar-refractivity contribution in [3.63, 3.8) is 0 Å². The van der Waals surface area contributed by atoms with Gasteiger partial charge >= 0.3 is 6.43 Å². The van der Waals surface area contributed by atoms with E-state index in [9.17, 15) is 33.2 Å². The third-order valence-corrected chi connectivity index (χ3v) is 8.01. The number of rotatable bonds is 8. The maximum atomic E-state index is 13.4. The number of nitrogens with one attached hydrogen (secondary N) is 3. The summed E-state index contributed by atoms with van der Waals surface area (Å²) in [6, 6.07) is -0.782. The number of fused-ring (bicyclic) bond motifs is 1. The summed E-state index contributed by atoms with van der Waals surface area (Å²) in [4.78, 5) is 51.8. The SMILES string of the molecule is CC1(C)[C@@H]2[C@@H](C(=O)N[C@H](C#N)C[C@@H]3CCCNC3=O)N(C(=O)[C@@H](NC(=O)C(F)F)C3CC3)C[C@@H]21. The normalized spacial score (nSPS) is 31.1. The van der Waals surface area contributed by atoms with E-state index in [2.05, 4.69) is 22.0 Å². The average Bonchev–Trinajstić information content (AvgIpc) is 3.66. The minimum atomic E-state index is -3.23. The van der Waals surface area contributed by atoms with Crippen molar-refractivity contribution in [1.82, 2.24) is 20.9 Å². The molecule has 0 spiro atoms. The number of likely N-dealkylation sites (tertiary alicyclic amines) is 1. The van der Waals surface area contributed by atoms with Gasteiger partial charge in [-0.05, 0) is 55.3 Å². The maximum absolute atomic E-state index is 13.4. The molecule has 0 unspecified atom stereocenters. The van der Waals surface area contributed by atoms with Crippen LogP contribution in [0.3, 0.4) is 0 Å². The fraction of sp³-hybridized carbons (Fsp3) is 0.783. The fourth-order valence-electron chi connectivity index (χ4n) is 5.76. The lowest BCUT2D eigenvalue weighted by atomic mass is 9.91. The predicted molar refractivity (Wildman–Crippen MR) is 115 cm³/mol. The van der Waals surface area contributed by atoms with Crippen LogP contribution in [0.5, 0.6) is 0 Å². The topological polar surface area (TPSA) is 131 Å². The van der Waals surface area contributed by atoms with Crippen molar-refractivity contribution in [2.75, 3.05) is 13.1 Å². The molecule has 34 heavy (non-hydrogen) atoms. The second-order valence-electron chi connectivity index (χ2n) is 10.6. The lowest BCUT2D eigenvalue weighted by Crippen LogP contribution is -2.58. The molecular weight excluding hydrogens is 448 g/mol. The van der Waals surface area contributed by atoms with Gasteiger partial charge in [-0.1, -0.05) is 13.8 Å². The van der Waals surface area contributed by atoms with Gasteiger partial charge in [-0.25, -0.2) is 0 Å². The van der Waals surface area contributed by atoms with Crippen LogP contribution in [0.2, 0.25) is 0 Å². The molecule has 0 aromatic heterocycles. The van der Waals surface area contributed by atoms with E-state index in [0.29, 0.717) is 32.4 Å². The highest BCUT2D eigenvalue weighted by Gasteiger charge is 2.69. The zero-order valence-electron chi connectivity index (χ0n) is 19.4. The first-order chi connectivity index (χ1) is 16.1. The molecule has 4 amide bonds. The van der Waals surface area contributed by atoms with E-state index in [4.69, 9.17) is 0 Å². The van der Waals surface area contributed by atoms with E-state index >= 15 is 0 Å². The minimum Gasteiger partial charge on any atom is -0.356 e. The number of nitriles is 1. The zero-order chi connectivity index (χ0) is 24.8. The van der Waals surface area contributed by atoms with Gasteiger partial charge in [0.05, 0.1) is 6.07 Å². The molecule has 2 heterocycles. The number of nitrogens with zero attached hydrogens (tertiary/aromatic N) is 2. The molecule has 0 bridgehead atoms. The Kier molecular flexibility index (Phi) is 6.53. The molecule has 4 aliphatic rings. The number of amides is 4. The third-order valence-electron chi connectivity index (χ3n) is 8.01. The number of hydrogen-bond acceptors (Lipinski definition) is 5. The molecule has 0 radical (unpaired) electrons. The van der Waals surface area contributed by atoms with Crippen molar-refractivity contribution >= 4 is 23.6 Å². The first-order valence-corrected chi connectivity index (χ1v) is 11.9. The Balaban J connectivity index is 1.47. The lowest BCUT2D eigenvalue weighted by molar-refractivity contribution is -0.145. The van der Waals surface area contributed by atoms with E-state index < -0.39 is 42.3 Å². The van der Waals surface area contributed by atoms with Gasteiger partial charge in [-0.3, -0.25) is 19.2 Å². The van der Waals surface area contributed by atoms with Crippen molar-refractivity contribution in [3.05, 3.63) is 0 Å². The number of carbonyl (C=O) groups is 4. The standard InChI is InChI=1S/C23H31F2N5O4/c1-23(2)14-10-30(22(34)16(11-5-6-11)29-21(33)18(24)25)17(15(14)23)20(32)28-13(9-26)8-12-4-3-7-27-19(12)31/h11-18H,3-8,10H2,1-2H3,(H,27,31)(H,28,32)(H,29,33)/t12-,13-,14-,15-,16-,17-/m0/s1. The van der Waals surface area contributed by atoms with Gasteiger partial charge in [-0.15, -0.1) is 0 Å². The molecule has 2 aliphatic heterocycles. The van der Waals surface area contributed by atoms with Crippen molar-refractivity contribution in [2.45, 2.75) is 70.5 Å². The summed E-state index contributed by atoms with van der Waals surface area (Å²) >= 11 is 0. The van der Waals surface area contributed by atoms with E-state index in [1.165, 1.54) is 4.90 Å². The highest BCUT2D eigenvalue weighted by molar-refractivity contribution is 5.94. The molecule has 0 aromatic carbocycles. The van der Waals surface area contributed by atoms with Crippen LogP contribution in [0.15, 0.2) is 0 Å². The molecule has 2 aliphatic carbocycles. The number of carbonyl (C=O) groups excluding carboxylic acids is 4. The Hall–Kier alpha value is -2.77. The van der Waals surface area contributed by atoms with Crippen LogP contribution in [0.25, 0.3) is 0 Å². The Labute approximate surface area is 197 Å². The minimum absolute atomic E-state index is 0.0718. The third kappa shape index (κ3) is 4.59. The molecule has 11 heteroatoms. The van der Waals surface area contributed by atoms with Gasteiger partial charge in [0.15, 0.2) is 0 Å². The van der Waals surface area contributed by atoms with Crippen molar-refractivity contribution in [3.8, 4) is 6.07 Å². The van der Waals surface area contributed by atoms with Crippen LogP contribution in [-0.2, 0) is 19.2 Å². The number of piperidine rings is 2. The van der Waals surface area contributed by atoms with Crippen LogP contribution in [0.1, 0.15) is 46.0 Å². The van der Waals surface area contributed by atoms with Gasteiger partial charge in [0.1, 0.15) is 18.1 Å². The van der Waals surface area contributed by atoms with Crippen LogP contribution < -0.4 is 16.0 Å². The summed E-state index contributed by atoms with van der Waals surface area (Å²) in [5.74, 6) is -3.28. The molecule has 6 atom stereocenters. The van der Waals surface area contributed by atoms with Gasteiger partial charge in [0.2, 0.25) is 17.7 Å². The van der Waals surface area contributed by atoms with E-state index in [1.54, 1.807) is 0 Å². The molecular formula is C23H31F2N5O4. The Morgan fingerprint density at radius 3 is 2.53 bits per heavy atom. The lowest BCUT2D eigenvalue weighted by Gasteiger charge is -2.33. The second-order valence-corrected chi connectivity index (χ2v) is 10.6. The van der Waals surface area contributed by atoms with Crippen LogP contribution >= 0.6 is 0 Å². The van der Waals surface area contributed by atoms with E-state index in [0.717, 1.165) is 6.42 Å². The molecule has 4 fully saturated rings. The number of halogens is 2.